The van der Waals surface area contributed by atoms with Gasteiger partial charge in [0.2, 0.25) is 0 Å². The number of likely N-dealkylation sites (tertiary alicyclic amines) is 1. The summed E-state index contributed by atoms with van der Waals surface area (Å²) in [6.45, 7) is 5.45. The van der Waals surface area contributed by atoms with E-state index in [1.54, 1.807) is 12.7 Å². The molecule has 0 aromatic heterocycles. The highest BCUT2D eigenvalue weighted by atomic mass is 16.7. The molecule has 0 aromatic rings. The van der Waals surface area contributed by atoms with Crippen LogP contribution < -0.4 is 0 Å². The van der Waals surface area contributed by atoms with Crippen LogP contribution in [0.5, 0.6) is 0 Å². The fraction of sp³-hybridized carbons (Fsp3) is 0.897. The molecule has 0 aromatic carbocycles. The summed E-state index contributed by atoms with van der Waals surface area (Å²) in [6.07, 6.45) is 12.9. The summed E-state index contributed by atoms with van der Waals surface area (Å²) in [7, 11) is 5.93. The molecule has 2 aliphatic heterocycles. The minimum atomic E-state index is -0.255. The van der Waals surface area contributed by atoms with Gasteiger partial charge in [0.1, 0.15) is 6.10 Å². The van der Waals surface area contributed by atoms with E-state index in [1.807, 2.05) is 11.9 Å². The molecular formula is C29H46N2O4. The molecule has 0 radical (unpaired) electrons. The van der Waals surface area contributed by atoms with Crippen LogP contribution in [-0.2, 0) is 14.2 Å². The molecule has 35 heavy (non-hydrogen) atoms. The van der Waals surface area contributed by atoms with Gasteiger partial charge in [0.25, 0.3) is 0 Å². The quantitative estimate of drug-likeness (QED) is 0.521. The van der Waals surface area contributed by atoms with Crippen molar-refractivity contribution in [1.29, 1.82) is 0 Å². The van der Waals surface area contributed by atoms with E-state index in [9.17, 15) is 4.79 Å². The van der Waals surface area contributed by atoms with Crippen LogP contribution >= 0.6 is 0 Å². The second-order valence-electron chi connectivity index (χ2n) is 12.8. The van der Waals surface area contributed by atoms with Gasteiger partial charge >= 0.3 is 6.09 Å². The van der Waals surface area contributed by atoms with Crippen molar-refractivity contribution < 1.29 is 19.0 Å². The lowest BCUT2D eigenvalue weighted by molar-refractivity contribution is -0.0883. The van der Waals surface area contributed by atoms with Crippen LogP contribution in [0.1, 0.15) is 71.6 Å². The topological polar surface area (TPSA) is 51.2 Å². The third-order valence-corrected chi connectivity index (χ3v) is 12.0. The number of nitrogens with zero attached hydrogens (tertiary/aromatic N) is 2. The predicted molar refractivity (Wildman–Crippen MR) is 135 cm³/mol. The van der Waals surface area contributed by atoms with Crippen LogP contribution in [0, 0.1) is 35.0 Å². The maximum absolute atomic E-state index is 12.9. The van der Waals surface area contributed by atoms with E-state index in [4.69, 9.17) is 14.2 Å². The largest absolute Gasteiger partial charge is 0.443 e. The Morgan fingerprint density at radius 3 is 2.71 bits per heavy atom. The Kier molecular flexibility index (Phi) is 6.25. The molecule has 1 spiro atoms. The third-order valence-electron chi connectivity index (χ3n) is 12.0. The molecule has 3 saturated carbocycles. The number of methoxy groups -OCH3 is 1. The first-order chi connectivity index (χ1) is 16.8. The number of ether oxygens (including phenoxy) is 3. The number of fused-ring (bicyclic) bond motifs is 4. The lowest BCUT2D eigenvalue weighted by Crippen LogP contribution is -2.51. The minimum absolute atomic E-state index is 0.203. The van der Waals surface area contributed by atoms with Gasteiger partial charge in [0.15, 0.2) is 6.29 Å². The average molecular weight is 487 g/mol. The molecule has 0 bridgehead atoms. The summed E-state index contributed by atoms with van der Waals surface area (Å²) in [5.41, 5.74) is 2.20. The number of rotatable bonds is 3. The van der Waals surface area contributed by atoms with Crippen LogP contribution in [0.4, 0.5) is 4.79 Å². The van der Waals surface area contributed by atoms with Crippen molar-refractivity contribution in [3.05, 3.63) is 11.6 Å². The Labute approximate surface area is 211 Å². The number of hydrogen-bond donors (Lipinski definition) is 0. The van der Waals surface area contributed by atoms with E-state index in [2.05, 4.69) is 31.9 Å². The molecule has 6 heteroatoms. The van der Waals surface area contributed by atoms with Gasteiger partial charge in [-0.15, -0.1) is 0 Å². The predicted octanol–water partition coefficient (Wildman–Crippen LogP) is 5.08. The Hall–Kier alpha value is -1.11. The van der Waals surface area contributed by atoms with Crippen molar-refractivity contribution in [3.8, 4) is 0 Å². The van der Waals surface area contributed by atoms with Crippen molar-refractivity contribution in [1.82, 2.24) is 9.80 Å². The summed E-state index contributed by atoms with van der Waals surface area (Å²) in [5.74, 6) is 4.28. The molecule has 11 atom stereocenters. The van der Waals surface area contributed by atoms with Crippen molar-refractivity contribution in [2.45, 2.75) is 102 Å². The highest BCUT2D eigenvalue weighted by Crippen LogP contribution is 2.68. The summed E-state index contributed by atoms with van der Waals surface area (Å²) < 4.78 is 16.5. The first-order valence-corrected chi connectivity index (χ1v) is 14.3. The zero-order valence-corrected chi connectivity index (χ0v) is 22.4. The molecule has 5 fully saturated rings. The summed E-state index contributed by atoms with van der Waals surface area (Å²) in [6, 6.07) is 1.71. The molecule has 6 rings (SSSR count). The summed E-state index contributed by atoms with van der Waals surface area (Å²) >= 11 is 0. The molecule has 2 heterocycles. The van der Waals surface area contributed by atoms with Crippen molar-refractivity contribution >= 4 is 6.09 Å². The second kappa shape index (κ2) is 9.02. The smallest absolute Gasteiger partial charge is 0.410 e. The van der Waals surface area contributed by atoms with E-state index in [-0.39, 0.29) is 24.5 Å². The molecule has 4 aliphatic carbocycles. The van der Waals surface area contributed by atoms with E-state index in [1.165, 1.54) is 38.5 Å². The molecule has 6 nitrogen and oxygen atoms in total. The average Bonchev–Trinajstić information content (AvgIpc) is 3.54. The van der Waals surface area contributed by atoms with E-state index in [0.29, 0.717) is 18.4 Å². The standard InChI is InChI=1S/C29H46N2O4/c1-17-25-10-11-26-24-8-6-19-14-20(31(4)28(32)35-21-15-27(33-5)34-16-21)7-9-22(19)23(24)12-13-29(25,26)18(2)30(17)3/h6,17-18,20-27H,7-16H2,1-5H3/t17?,18-,20?,21?,22?,23?,24?,25?,26?,27?,29?/m0/s1. The first kappa shape index (κ1) is 24.2. The Morgan fingerprint density at radius 2 is 1.94 bits per heavy atom. The van der Waals surface area contributed by atoms with Gasteiger partial charge in [-0.25, -0.2) is 4.79 Å². The van der Waals surface area contributed by atoms with Gasteiger partial charge in [-0.3, -0.25) is 0 Å². The number of amides is 1. The van der Waals surface area contributed by atoms with Gasteiger partial charge in [-0.05, 0) is 107 Å². The van der Waals surface area contributed by atoms with Crippen molar-refractivity contribution in [3.63, 3.8) is 0 Å². The van der Waals surface area contributed by atoms with Crippen LogP contribution in [0.2, 0.25) is 0 Å². The Balaban J connectivity index is 1.12. The normalized spacial score (nSPS) is 49.0. The van der Waals surface area contributed by atoms with Crippen LogP contribution in [0.25, 0.3) is 0 Å². The fourth-order valence-electron chi connectivity index (χ4n) is 10.1. The second-order valence-corrected chi connectivity index (χ2v) is 12.8. The van der Waals surface area contributed by atoms with Gasteiger partial charge in [0, 0.05) is 38.7 Å². The molecule has 2 saturated heterocycles. The van der Waals surface area contributed by atoms with Gasteiger partial charge in [-0.2, -0.15) is 0 Å². The van der Waals surface area contributed by atoms with Gasteiger partial charge in [0.05, 0.1) is 6.61 Å². The molecular weight excluding hydrogens is 440 g/mol. The lowest BCUT2D eigenvalue weighted by atomic mass is 9.50. The number of carbonyl (C=O) groups excluding carboxylic acids is 1. The third kappa shape index (κ3) is 3.64. The Morgan fingerprint density at radius 1 is 1.14 bits per heavy atom. The zero-order chi connectivity index (χ0) is 24.5. The zero-order valence-electron chi connectivity index (χ0n) is 22.4. The summed E-state index contributed by atoms with van der Waals surface area (Å²) in [5, 5.41) is 0. The number of carbonyl (C=O) groups is 1. The van der Waals surface area contributed by atoms with Gasteiger partial charge < -0.3 is 24.0 Å². The van der Waals surface area contributed by atoms with Crippen LogP contribution in [0.15, 0.2) is 11.6 Å². The monoisotopic (exact) mass is 486 g/mol. The highest BCUT2D eigenvalue weighted by molar-refractivity contribution is 5.68. The maximum Gasteiger partial charge on any atom is 0.410 e. The van der Waals surface area contributed by atoms with Gasteiger partial charge in [-0.1, -0.05) is 11.6 Å². The summed E-state index contributed by atoms with van der Waals surface area (Å²) in [4.78, 5) is 17.4. The van der Waals surface area contributed by atoms with E-state index in [0.717, 1.165) is 54.5 Å². The minimum Gasteiger partial charge on any atom is -0.443 e. The number of allylic oxidation sites excluding steroid dienone is 1. The maximum atomic E-state index is 12.9. The van der Waals surface area contributed by atoms with Crippen molar-refractivity contribution in [2.75, 3.05) is 27.8 Å². The molecule has 196 valence electrons. The lowest BCUT2D eigenvalue weighted by Gasteiger charge is -2.55. The first-order valence-electron chi connectivity index (χ1n) is 14.3. The van der Waals surface area contributed by atoms with Crippen LogP contribution in [0.3, 0.4) is 0 Å². The van der Waals surface area contributed by atoms with Crippen molar-refractivity contribution in [2.24, 2.45) is 35.0 Å². The van der Waals surface area contributed by atoms with E-state index >= 15 is 0 Å². The fourth-order valence-corrected chi connectivity index (χ4v) is 10.1. The Bertz CT molecular complexity index is 862. The highest BCUT2D eigenvalue weighted by Gasteiger charge is 2.65. The molecule has 1 amide bonds. The SMILES string of the molecule is COC1CC(OC(=O)N(C)C2CCC3C(=CCC4C3CCC35C4CCC3C(C)N(C)[C@H]5C)C2)CO1. The molecule has 10 unspecified atom stereocenters. The van der Waals surface area contributed by atoms with Crippen LogP contribution in [-0.4, -0.2) is 74.2 Å². The van der Waals surface area contributed by atoms with E-state index < -0.39 is 0 Å². The molecule has 6 aliphatic rings. The number of hydrogen-bond acceptors (Lipinski definition) is 5. The molecule has 0 N–H and O–H groups in total.